The summed E-state index contributed by atoms with van der Waals surface area (Å²) in [6.45, 7) is 4.97. The van der Waals surface area contributed by atoms with Crippen molar-refractivity contribution in [2.45, 2.75) is 32.2 Å². The van der Waals surface area contributed by atoms with E-state index >= 15 is 0 Å². The summed E-state index contributed by atoms with van der Waals surface area (Å²) in [4.78, 5) is 29.6. The van der Waals surface area contributed by atoms with Crippen molar-refractivity contribution in [2.24, 2.45) is 0 Å². The van der Waals surface area contributed by atoms with E-state index in [0.29, 0.717) is 12.5 Å². The van der Waals surface area contributed by atoms with E-state index in [2.05, 4.69) is 27.4 Å². The van der Waals surface area contributed by atoms with Crippen molar-refractivity contribution in [1.29, 1.82) is 0 Å². The highest BCUT2D eigenvalue weighted by Gasteiger charge is 2.38. The van der Waals surface area contributed by atoms with Gasteiger partial charge in [0.15, 0.2) is 11.5 Å². The van der Waals surface area contributed by atoms with Crippen LogP contribution in [0.5, 0.6) is 11.5 Å². The molecule has 0 radical (unpaired) electrons. The Morgan fingerprint density at radius 3 is 2.50 bits per heavy atom. The SMILES string of the molecule is CC1c2nc(C(=O)N(C)C)cn2CCN1Cc1ccc2c(c1)OCO2.O=C(O)C(F)(F)F. The predicted octanol–water partition coefficient (Wildman–Crippen LogP) is 2.52. The Bertz CT molecular complexity index is 1010. The predicted molar refractivity (Wildman–Crippen MR) is 105 cm³/mol. The lowest BCUT2D eigenvalue weighted by atomic mass is 10.1. The fraction of sp³-hybridized carbons (Fsp3) is 0.450. The zero-order chi connectivity index (χ0) is 23.6. The molecule has 1 amide bonds. The van der Waals surface area contributed by atoms with Crippen LogP contribution in [0.2, 0.25) is 0 Å². The van der Waals surface area contributed by atoms with E-state index < -0.39 is 12.1 Å². The van der Waals surface area contributed by atoms with Gasteiger partial charge < -0.3 is 24.0 Å². The number of ether oxygens (including phenoxy) is 2. The van der Waals surface area contributed by atoms with Gasteiger partial charge in [0.05, 0.1) is 6.04 Å². The van der Waals surface area contributed by atoms with Crippen LogP contribution in [0.15, 0.2) is 24.4 Å². The van der Waals surface area contributed by atoms with E-state index in [1.165, 1.54) is 5.56 Å². The van der Waals surface area contributed by atoms with Crippen LogP contribution in [0.1, 0.15) is 34.8 Å². The molecule has 0 fully saturated rings. The number of amides is 1. The van der Waals surface area contributed by atoms with E-state index in [0.717, 1.165) is 37.0 Å². The van der Waals surface area contributed by atoms with Crippen LogP contribution in [0, 0.1) is 0 Å². The maximum atomic E-state index is 12.2. The lowest BCUT2D eigenvalue weighted by molar-refractivity contribution is -0.192. The fourth-order valence-electron chi connectivity index (χ4n) is 3.36. The third-order valence-corrected chi connectivity index (χ3v) is 5.05. The molecular weight excluding hydrogens is 433 g/mol. The van der Waals surface area contributed by atoms with Crippen LogP contribution in [-0.4, -0.2) is 69.9 Å². The van der Waals surface area contributed by atoms with E-state index in [9.17, 15) is 18.0 Å². The van der Waals surface area contributed by atoms with Crippen LogP contribution < -0.4 is 9.47 Å². The Kier molecular flexibility index (Phi) is 6.63. The summed E-state index contributed by atoms with van der Waals surface area (Å²) in [7, 11) is 3.49. The number of nitrogens with zero attached hydrogens (tertiary/aromatic N) is 4. The number of hydrogen-bond acceptors (Lipinski definition) is 6. The van der Waals surface area contributed by atoms with Crippen molar-refractivity contribution in [3.8, 4) is 11.5 Å². The first-order valence-corrected chi connectivity index (χ1v) is 9.68. The number of fused-ring (bicyclic) bond motifs is 2. The molecule has 0 saturated heterocycles. The van der Waals surface area contributed by atoms with Gasteiger partial charge in [-0.1, -0.05) is 6.07 Å². The zero-order valence-electron chi connectivity index (χ0n) is 17.7. The Labute approximate surface area is 181 Å². The molecule has 2 aliphatic rings. The third-order valence-electron chi connectivity index (χ3n) is 5.05. The normalized spacial score (nSPS) is 17.2. The van der Waals surface area contributed by atoms with Gasteiger partial charge in [0.25, 0.3) is 5.91 Å². The van der Waals surface area contributed by atoms with Crippen molar-refractivity contribution in [2.75, 3.05) is 27.4 Å². The topological polar surface area (TPSA) is 97.1 Å². The number of imidazole rings is 1. The van der Waals surface area contributed by atoms with Crippen molar-refractivity contribution in [3.05, 3.63) is 41.5 Å². The molecule has 0 bridgehead atoms. The molecule has 0 saturated carbocycles. The van der Waals surface area contributed by atoms with Gasteiger partial charge in [0.2, 0.25) is 6.79 Å². The smallest absolute Gasteiger partial charge is 0.475 e. The number of rotatable bonds is 3. The van der Waals surface area contributed by atoms with Crippen molar-refractivity contribution in [1.82, 2.24) is 19.4 Å². The van der Waals surface area contributed by atoms with Gasteiger partial charge in [0.1, 0.15) is 11.5 Å². The highest BCUT2D eigenvalue weighted by atomic mass is 19.4. The lowest BCUT2D eigenvalue weighted by Crippen LogP contribution is -2.36. The number of benzene rings is 1. The summed E-state index contributed by atoms with van der Waals surface area (Å²) >= 11 is 0. The molecule has 12 heteroatoms. The summed E-state index contributed by atoms with van der Waals surface area (Å²) < 4.78 is 44.7. The molecule has 1 atom stereocenters. The van der Waals surface area contributed by atoms with Crippen LogP contribution in [0.4, 0.5) is 13.2 Å². The standard InChI is InChI=1S/C18H22N4O3.C2HF3O2/c1-12-17-19-14(18(23)20(2)3)10-22(17)7-6-21(12)9-13-4-5-15-16(8-13)25-11-24-15;3-2(4,5)1(6)7/h4-5,8,10,12H,6-7,9,11H2,1-3H3;(H,6,7). The first-order chi connectivity index (χ1) is 15.0. The zero-order valence-corrected chi connectivity index (χ0v) is 17.7. The Morgan fingerprint density at radius 2 is 1.88 bits per heavy atom. The molecular formula is C20H23F3N4O5. The molecule has 1 unspecified atom stereocenters. The number of alkyl halides is 3. The Hall–Kier alpha value is -3.28. The minimum Gasteiger partial charge on any atom is -0.475 e. The second kappa shape index (κ2) is 9.07. The number of carbonyl (C=O) groups is 2. The summed E-state index contributed by atoms with van der Waals surface area (Å²) in [6.07, 6.45) is -3.22. The molecule has 4 rings (SSSR count). The van der Waals surface area contributed by atoms with Crippen molar-refractivity contribution in [3.63, 3.8) is 0 Å². The minimum atomic E-state index is -5.08. The van der Waals surface area contributed by atoms with Gasteiger partial charge in [-0.2, -0.15) is 13.2 Å². The van der Waals surface area contributed by atoms with Crippen molar-refractivity contribution >= 4 is 11.9 Å². The second-order valence-electron chi connectivity index (χ2n) is 7.51. The Morgan fingerprint density at radius 1 is 1.22 bits per heavy atom. The molecule has 1 aromatic carbocycles. The van der Waals surface area contributed by atoms with Gasteiger partial charge in [-0.25, -0.2) is 9.78 Å². The fourth-order valence-corrected chi connectivity index (χ4v) is 3.36. The minimum absolute atomic E-state index is 0.0589. The molecule has 9 nitrogen and oxygen atoms in total. The van der Waals surface area contributed by atoms with Gasteiger partial charge in [-0.05, 0) is 24.6 Å². The quantitative estimate of drug-likeness (QED) is 0.758. The van der Waals surface area contributed by atoms with Crippen molar-refractivity contribution < 1.29 is 37.3 Å². The number of carboxylic acids is 1. The number of carboxylic acid groups (broad SMARTS) is 1. The molecule has 1 N–H and O–H groups in total. The lowest BCUT2D eigenvalue weighted by Gasteiger charge is -2.33. The highest BCUT2D eigenvalue weighted by Crippen LogP contribution is 2.34. The largest absolute Gasteiger partial charge is 0.490 e. The number of hydrogen-bond donors (Lipinski definition) is 1. The summed E-state index contributed by atoms with van der Waals surface area (Å²) in [5.74, 6) is -0.263. The van der Waals surface area contributed by atoms with E-state index in [4.69, 9.17) is 19.4 Å². The molecule has 1 aromatic heterocycles. The first kappa shape index (κ1) is 23.4. The monoisotopic (exact) mass is 456 g/mol. The summed E-state index contributed by atoms with van der Waals surface area (Å²) in [5.41, 5.74) is 1.69. The van der Waals surface area contributed by atoms with Crippen LogP contribution >= 0.6 is 0 Å². The second-order valence-corrected chi connectivity index (χ2v) is 7.51. The molecule has 0 aliphatic carbocycles. The van der Waals surface area contributed by atoms with Gasteiger partial charge >= 0.3 is 12.1 Å². The average Bonchev–Trinajstić information content (AvgIpc) is 3.36. The molecule has 3 heterocycles. The van der Waals surface area contributed by atoms with Gasteiger partial charge in [0, 0.05) is 39.9 Å². The maximum absolute atomic E-state index is 12.2. The maximum Gasteiger partial charge on any atom is 0.490 e. The Balaban J connectivity index is 0.000000360. The molecule has 2 aliphatic heterocycles. The third kappa shape index (κ3) is 5.13. The molecule has 174 valence electrons. The van der Waals surface area contributed by atoms with Crippen LogP contribution in [0.25, 0.3) is 0 Å². The number of carbonyl (C=O) groups excluding carboxylic acids is 1. The van der Waals surface area contributed by atoms with E-state index in [1.54, 1.807) is 19.0 Å². The van der Waals surface area contributed by atoms with Crippen LogP contribution in [0.3, 0.4) is 0 Å². The van der Waals surface area contributed by atoms with Gasteiger partial charge in [-0.15, -0.1) is 0 Å². The number of aromatic nitrogens is 2. The molecule has 2 aromatic rings. The van der Waals surface area contributed by atoms with E-state index in [-0.39, 0.29) is 11.9 Å². The average molecular weight is 456 g/mol. The first-order valence-electron chi connectivity index (χ1n) is 9.68. The van der Waals surface area contributed by atoms with Crippen LogP contribution in [-0.2, 0) is 17.9 Å². The number of aliphatic carboxylic acids is 1. The molecule has 32 heavy (non-hydrogen) atoms. The molecule has 0 spiro atoms. The summed E-state index contributed by atoms with van der Waals surface area (Å²) in [6, 6.07) is 6.21. The van der Waals surface area contributed by atoms with E-state index in [1.807, 2.05) is 18.3 Å². The summed E-state index contributed by atoms with van der Waals surface area (Å²) in [5, 5.41) is 7.12. The van der Waals surface area contributed by atoms with Gasteiger partial charge in [-0.3, -0.25) is 9.69 Å². The number of halogens is 3. The highest BCUT2D eigenvalue weighted by molar-refractivity contribution is 5.91.